The Hall–Kier alpha value is 0.500. The average molecular weight is 186 g/mol. The highest BCUT2D eigenvalue weighted by Crippen LogP contribution is 2.05. The van der Waals surface area contributed by atoms with Crippen LogP contribution in [0, 0.1) is 0 Å². The molecule has 62 valence electrons. The van der Waals surface area contributed by atoms with Crippen LogP contribution in [0.5, 0.6) is 0 Å². The van der Waals surface area contributed by atoms with E-state index < -0.39 is 0 Å². The third kappa shape index (κ3) is 3.06. The molecule has 1 unspecified atom stereocenters. The molecule has 0 radical (unpaired) electrons. The molecule has 2 nitrogen and oxygen atoms in total. The number of halogens is 2. The molecule has 0 N–H and O–H groups in total. The maximum Gasteiger partial charge on any atom is 0.0823 e. The van der Waals surface area contributed by atoms with Gasteiger partial charge in [0.25, 0.3) is 0 Å². The highest BCUT2D eigenvalue weighted by atomic mass is 35.5. The summed E-state index contributed by atoms with van der Waals surface area (Å²) in [5, 5.41) is 0. The van der Waals surface area contributed by atoms with Crippen LogP contribution in [-0.4, -0.2) is 36.7 Å². The van der Waals surface area contributed by atoms with E-state index in [0.29, 0.717) is 0 Å². The van der Waals surface area contributed by atoms with Crippen LogP contribution in [0.25, 0.3) is 0 Å². The van der Waals surface area contributed by atoms with Crippen molar-refractivity contribution in [3.8, 4) is 0 Å². The molecule has 1 aliphatic heterocycles. The molecule has 0 spiro atoms. The van der Waals surface area contributed by atoms with E-state index >= 15 is 0 Å². The molecule has 1 atom stereocenters. The van der Waals surface area contributed by atoms with Gasteiger partial charge in [-0.2, -0.15) is 0 Å². The zero-order chi connectivity index (χ0) is 6.69. The zero-order valence-electron chi connectivity index (χ0n) is 6.05. The summed E-state index contributed by atoms with van der Waals surface area (Å²) in [6.07, 6.45) is 0. The fourth-order valence-corrected chi connectivity index (χ4v) is 1.13. The topological polar surface area (TPSA) is 12.5 Å². The summed E-state index contributed by atoms with van der Waals surface area (Å²) in [7, 11) is 0. The third-order valence-corrected chi connectivity index (χ3v) is 1.82. The Bertz CT molecular complexity index is 83.8. The summed E-state index contributed by atoms with van der Waals surface area (Å²) in [6, 6.07) is 0. The summed E-state index contributed by atoms with van der Waals surface area (Å²) in [4.78, 5) is 2.20. The molecule has 0 aromatic rings. The lowest BCUT2D eigenvalue weighted by Crippen LogP contribution is -2.39. The van der Waals surface area contributed by atoms with E-state index in [2.05, 4.69) is 4.90 Å². The first-order chi connectivity index (χ1) is 4.30. The maximum atomic E-state index is 5.83. The van der Waals surface area contributed by atoms with Crippen molar-refractivity contribution in [3.63, 3.8) is 0 Å². The first-order valence-corrected chi connectivity index (χ1v) is 3.70. The highest BCUT2D eigenvalue weighted by Gasteiger charge is 2.13. The first-order valence-electron chi connectivity index (χ1n) is 3.26. The van der Waals surface area contributed by atoms with Crippen LogP contribution in [0.2, 0.25) is 0 Å². The summed E-state index contributed by atoms with van der Waals surface area (Å²) in [6.45, 7) is 5.61. The van der Waals surface area contributed by atoms with Gasteiger partial charge in [0.2, 0.25) is 0 Å². The fraction of sp³-hybridized carbons (Fsp3) is 1.00. The minimum Gasteiger partial charge on any atom is -0.379 e. The van der Waals surface area contributed by atoms with Gasteiger partial charge in [-0.3, -0.25) is 4.90 Å². The standard InChI is InChI=1S/C6H12ClNO.ClH/c1-6(7)8-2-4-9-5-3-8;/h6H,2-5H2,1H3;1H. The Balaban J connectivity index is 0.000000810. The molecule has 0 saturated carbocycles. The van der Waals surface area contributed by atoms with Crippen LogP contribution in [0.3, 0.4) is 0 Å². The fourth-order valence-electron chi connectivity index (χ4n) is 0.933. The zero-order valence-corrected chi connectivity index (χ0v) is 7.62. The van der Waals surface area contributed by atoms with Crippen molar-refractivity contribution in [2.45, 2.75) is 12.4 Å². The van der Waals surface area contributed by atoms with Crippen molar-refractivity contribution < 1.29 is 4.74 Å². The van der Waals surface area contributed by atoms with Gasteiger partial charge in [0.1, 0.15) is 0 Å². The minimum atomic E-state index is 0. The van der Waals surface area contributed by atoms with E-state index in [4.69, 9.17) is 16.3 Å². The Morgan fingerprint density at radius 3 is 2.20 bits per heavy atom. The van der Waals surface area contributed by atoms with Crippen LogP contribution >= 0.6 is 24.0 Å². The second-order valence-corrected chi connectivity index (χ2v) is 2.85. The van der Waals surface area contributed by atoms with E-state index in [1.165, 1.54) is 0 Å². The monoisotopic (exact) mass is 185 g/mol. The van der Waals surface area contributed by atoms with Crippen molar-refractivity contribution in [2.24, 2.45) is 0 Å². The van der Waals surface area contributed by atoms with E-state index in [0.717, 1.165) is 26.3 Å². The van der Waals surface area contributed by atoms with E-state index in [9.17, 15) is 0 Å². The number of morpholine rings is 1. The maximum absolute atomic E-state index is 5.83. The Morgan fingerprint density at radius 1 is 1.40 bits per heavy atom. The molecule has 0 amide bonds. The van der Waals surface area contributed by atoms with Gasteiger partial charge in [-0.1, -0.05) is 0 Å². The number of ether oxygens (including phenoxy) is 1. The number of hydrogen-bond donors (Lipinski definition) is 0. The van der Waals surface area contributed by atoms with Crippen LogP contribution in [-0.2, 0) is 4.74 Å². The van der Waals surface area contributed by atoms with Gasteiger partial charge in [-0.25, -0.2) is 0 Å². The summed E-state index contributed by atoms with van der Waals surface area (Å²) >= 11 is 5.83. The van der Waals surface area contributed by atoms with Crippen molar-refractivity contribution >= 4 is 24.0 Å². The van der Waals surface area contributed by atoms with Gasteiger partial charge < -0.3 is 4.74 Å². The van der Waals surface area contributed by atoms with E-state index in [-0.39, 0.29) is 17.9 Å². The normalized spacial score (nSPS) is 23.4. The second-order valence-electron chi connectivity index (χ2n) is 2.22. The van der Waals surface area contributed by atoms with E-state index in [1.807, 2.05) is 6.92 Å². The molecule has 0 bridgehead atoms. The number of rotatable bonds is 1. The molecule has 1 aliphatic rings. The van der Waals surface area contributed by atoms with Crippen LogP contribution in [0.15, 0.2) is 0 Å². The quantitative estimate of drug-likeness (QED) is 0.452. The Labute approximate surface area is 72.9 Å². The van der Waals surface area contributed by atoms with Crippen molar-refractivity contribution in [2.75, 3.05) is 26.3 Å². The average Bonchev–Trinajstić information content (AvgIpc) is 1.90. The molecule has 0 aromatic carbocycles. The van der Waals surface area contributed by atoms with Gasteiger partial charge >= 0.3 is 0 Å². The number of nitrogens with zero attached hydrogens (tertiary/aromatic N) is 1. The Morgan fingerprint density at radius 2 is 1.90 bits per heavy atom. The lowest BCUT2D eigenvalue weighted by atomic mass is 10.4. The molecule has 0 aromatic heterocycles. The minimum absolute atomic E-state index is 0. The molecule has 10 heavy (non-hydrogen) atoms. The molecule has 1 rings (SSSR count). The summed E-state index contributed by atoms with van der Waals surface area (Å²) in [5.41, 5.74) is 0.161. The third-order valence-electron chi connectivity index (χ3n) is 1.55. The highest BCUT2D eigenvalue weighted by molar-refractivity contribution is 6.20. The smallest absolute Gasteiger partial charge is 0.0823 e. The van der Waals surface area contributed by atoms with Gasteiger partial charge in [-0.05, 0) is 6.92 Å². The molecule has 1 heterocycles. The van der Waals surface area contributed by atoms with Crippen LogP contribution in [0.4, 0.5) is 0 Å². The predicted molar refractivity (Wildman–Crippen MR) is 45.0 cm³/mol. The van der Waals surface area contributed by atoms with Crippen LogP contribution < -0.4 is 0 Å². The van der Waals surface area contributed by atoms with Gasteiger partial charge in [-0.15, -0.1) is 24.0 Å². The summed E-state index contributed by atoms with van der Waals surface area (Å²) < 4.78 is 5.15. The largest absolute Gasteiger partial charge is 0.379 e. The van der Waals surface area contributed by atoms with Crippen molar-refractivity contribution in [3.05, 3.63) is 0 Å². The SMILES string of the molecule is CC(Cl)N1CCOCC1.Cl. The molecular formula is C6H13Cl2NO. The van der Waals surface area contributed by atoms with Gasteiger partial charge in [0.15, 0.2) is 0 Å². The van der Waals surface area contributed by atoms with Crippen molar-refractivity contribution in [1.29, 1.82) is 0 Å². The number of alkyl halides is 1. The van der Waals surface area contributed by atoms with Gasteiger partial charge in [0, 0.05) is 13.1 Å². The molecule has 0 aliphatic carbocycles. The lowest BCUT2D eigenvalue weighted by molar-refractivity contribution is 0.0340. The molecule has 1 fully saturated rings. The molecular weight excluding hydrogens is 173 g/mol. The Kier molecular flexibility index (Phi) is 5.45. The van der Waals surface area contributed by atoms with E-state index in [1.54, 1.807) is 0 Å². The van der Waals surface area contributed by atoms with Crippen molar-refractivity contribution in [1.82, 2.24) is 4.90 Å². The first kappa shape index (κ1) is 10.5. The molecule has 4 heteroatoms. The van der Waals surface area contributed by atoms with Crippen LogP contribution in [0.1, 0.15) is 6.92 Å². The lowest BCUT2D eigenvalue weighted by Gasteiger charge is -2.28. The number of hydrogen-bond acceptors (Lipinski definition) is 2. The summed E-state index contributed by atoms with van der Waals surface area (Å²) in [5.74, 6) is 0. The predicted octanol–water partition coefficient (Wildman–Crippen LogP) is 1.33. The van der Waals surface area contributed by atoms with Gasteiger partial charge in [0.05, 0.1) is 18.7 Å². The second kappa shape index (κ2) is 5.19. The molecule has 1 saturated heterocycles.